The molecular weight excluding hydrogens is 294 g/mol. The van der Waals surface area contributed by atoms with Gasteiger partial charge in [-0.3, -0.25) is 0 Å². The predicted molar refractivity (Wildman–Crippen MR) is 69.9 cm³/mol. The highest BCUT2D eigenvalue weighted by molar-refractivity contribution is 7.89. The molecule has 0 aliphatic rings. The second-order valence-electron chi connectivity index (χ2n) is 3.86. The number of hydrogen-bond acceptors (Lipinski definition) is 4. The van der Waals surface area contributed by atoms with E-state index in [2.05, 4.69) is 4.72 Å². The summed E-state index contributed by atoms with van der Waals surface area (Å²) in [6, 6.07) is 2.76. The standard InChI is InChI=1S/C11H14ClNO5S/c1-2-8(6-14)13-19(17,18)10-5-7(11(15)16)3-4-9(10)12/h3-5,8,13-14H,2,6H2,1H3,(H,15,16)/t8-/m0/s1. The molecule has 1 aromatic rings. The summed E-state index contributed by atoms with van der Waals surface area (Å²) >= 11 is 5.78. The van der Waals surface area contributed by atoms with Crippen LogP contribution in [-0.4, -0.2) is 37.2 Å². The Balaban J connectivity index is 3.20. The molecule has 1 aromatic carbocycles. The topological polar surface area (TPSA) is 104 Å². The molecule has 0 aromatic heterocycles. The summed E-state index contributed by atoms with van der Waals surface area (Å²) in [5.41, 5.74) is -0.179. The molecule has 8 heteroatoms. The molecule has 1 atom stereocenters. The van der Waals surface area contributed by atoms with Gasteiger partial charge in [0.05, 0.1) is 17.2 Å². The summed E-state index contributed by atoms with van der Waals surface area (Å²) in [7, 11) is -3.98. The van der Waals surface area contributed by atoms with Crippen LogP contribution in [0.25, 0.3) is 0 Å². The smallest absolute Gasteiger partial charge is 0.335 e. The van der Waals surface area contributed by atoms with Crippen LogP contribution in [0.15, 0.2) is 23.1 Å². The van der Waals surface area contributed by atoms with E-state index in [9.17, 15) is 13.2 Å². The number of carbonyl (C=O) groups is 1. The zero-order valence-electron chi connectivity index (χ0n) is 10.1. The highest BCUT2D eigenvalue weighted by atomic mass is 35.5. The van der Waals surface area contributed by atoms with Crippen molar-refractivity contribution < 1.29 is 23.4 Å². The van der Waals surface area contributed by atoms with Crippen molar-refractivity contribution in [3.63, 3.8) is 0 Å². The molecule has 0 fully saturated rings. The lowest BCUT2D eigenvalue weighted by molar-refractivity contribution is 0.0696. The first-order valence-corrected chi connectivity index (χ1v) is 7.34. The van der Waals surface area contributed by atoms with Gasteiger partial charge in [0.25, 0.3) is 0 Å². The van der Waals surface area contributed by atoms with E-state index in [1.54, 1.807) is 6.92 Å². The van der Waals surface area contributed by atoms with E-state index in [0.717, 1.165) is 6.07 Å². The van der Waals surface area contributed by atoms with Crippen LogP contribution in [0.3, 0.4) is 0 Å². The number of halogens is 1. The van der Waals surface area contributed by atoms with Gasteiger partial charge in [-0.2, -0.15) is 0 Å². The second kappa shape index (κ2) is 6.33. The van der Waals surface area contributed by atoms with Crippen LogP contribution < -0.4 is 4.72 Å². The van der Waals surface area contributed by atoms with Crippen LogP contribution in [0.5, 0.6) is 0 Å². The fourth-order valence-corrected chi connectivity index (χ4v) is 3.21. The third-order valence-corrected chi connectivity index (χ3v) is 4.50. The Morgan fingerprint density at radius 1 is 1.47 bits per heavy atom. The first kappa shape index (κ1) is 15.9. The molecule has 0 unspecified atom stereocenters. The van der Waals surface area contributed by atoms with Crippen molar-refractivity contribution in [3.05, 3.63) is 28.8 Å². The second-order valence-corrected chi connectivity index (χ2v) is 5.95. The maximum atomic E-state index is 12.1. The van der Waals surface area contributed by atoms with Gasteiger partial charge in [0, 0.05) is 6.04 Å². The summed E-state index contributed by atoms with van der Waals surface area (Å²) < 4.78 is 26.4. The number of carboxylic acids is 1. The number of rotatable bonds is 6. The highest BCUT2D eigenvalue weighted by Crippen LogP contribution is 2.23. The van der Waals surface area contributed by atoms with Gasteiger partial charge in [-0.05, 0) is 24.6 Å². The van der Waals surface area contributed by atoms with Crippen LogP contribution in [-0.2, 0) is 10.0 Å². The fraction of sp³-hybridized carbons (Fsp3) is 0.364. The van der Waals surface area contributed by atoms with Crippen LogP contribution in [0, 0.1) is 0 Å². The normalized spacial score (nSPS) is 13.2. The average molecular weight is 308 g/mol. The van der Waals surface area contributed by atoms with Crippen molar-refractivity contribution in [3.8, 4) is 0 Å². The van der Waals surface area contributed by atoms with Gasteiger partial charge in [-0.1, -0.05) is 18.5 Å². The maximum absolute atomic E-state index is 12.1. The lowest BCUT2D eigenvalue weighted by Crippen LogP contribution is -2.37. The Bertz CT molecular complexity index is 568. The molecular formula is C11H14ClNO5S. The number of carboxylic acid groups (broad SMARTS) is 1. The number of aliphatic hydroxyl groups is 1. The Labute approximate surface area is 116 Å². The van der Waals surface area contributed by atoms with Crippen LogP contribution in [0.2, 0.25) is 5.02 Å². The van der Waals surface area contributed by atoms with E-state index < -0.39 is 22.0 Å². The van der Waals surface area contributed by atoms with Crippen molar-refractivity contribution in [2.24, 2.45) is 0 Å². The number of nitrogens with one attached hydrogen (secondary N) is 1. The number of benzene rings is 1. The summed E-state index contributed by atoms with van der Waals surface area (Å²) in [4.78, 5) is 10.5. The quantitative estimate of drug-likeness (QED) is 0.730. The molecule has 0 aliphatic heterocycles. The molecule has 0 heterocycles. The van der Waals surface area contributed by atoms with E-state index in [-0.39, 0.29) is 22.1 Å². The van der Waals surface area contributed by atoms with Gasteiger partial charge in [-0.25, -0.2) is 17.9 Å². The zero-order valence-corrected chi connectivity index (χ0v) is 11.7. The maximum Gasteiger partial charge on any atom is 0.335 e. The van der Waals surface area contributed by atoms with Crippen LogP contribution in [0.4, 0.5) is 0 Å². The molecule has 0 amide bonds. The molecule has 0 spiro atoms. The van der Waals surface area contributed by atoms with Gasteiger partial charge in [0.2, 0.25) is 10.0 Å². The van der Waals surface area contributed by atoms with Crippen molar-refractivity contribution in [2.75, 3.05) is 6.61 Å². The zero-order chi connectivity index (χ0) is 14.6. The van der Waals surface area contributed by atoms with Crippen LogP contribution >= 0.6 is 11.6 Å². The monoisotopic (exact) mass is 307 g/mol. The minimum Gasteiger partial charge on any atom is -0.478 e. The molecule has 0 aliphatic carbocycles. The molecule has 0 saturated carbocycles. The van der Waals surface area contributed by atoms with E-state index >= 15 is 0 Å². The van der Waals surface area contributed by atoms with Gasteiger partial charge in [-0.15, -0.1) is 0 Å². The third kappa shape index (κ3) is 3.90. The molecule has 0 saturated heterocycles. The summed E-state index contributed by atoms with van der Waals surface area (Å²) in [5, 5.41) is 17.8. The predicted octanol–water partition coefficient (Wildman–Crippen LogP) is 1.09. The van der Waals surface area contributed by atoms with Crippen molar-refractivity contribution >= 4 is 27.6 Å². The number of sulfonamides is 1. The van der Waals surface area contributed by atoms with E-state index in [1.807, 2.05) is 0 Å². The summed E-state index contributed by atoms with van der Waals surface area (Å²) in [6.45, 7) is 1.35. The Kier molecular flexibility index (Phi) is 5.30. The largest absolute Gasteiger partial charge is 0.478 e. The van der Waals surface area contributed by atoms with Crippen molar-refractivity contribution in [1.82, 2.24) is 4.72 Å². The highest BCUT2D eigenvalue weighted by Gasteiger charge is 2.22. The van der Waals surface area contributed by atoms with Crippen molar-refractivity contribution in [1.29, 1.82) is 0 Å². The van der Waals surface area contributed by atoms with E-state index in [4.69, 9.17) is 21.8 Å². The van der Waals surface area contributed by atoms with Gasteiger partial charge in [0.1, 0.15) is 4.90 Å². The molecule has 106 valence electrons. The molecule has 3 N–H and O–H groups in total. The SMILES string of the molecule is CC[C@@H](CO)NS(=O)(=O)c1cc(C(=O)O)ccc1Cl. The number of aliphatic hydroxyl groups excluding tert-OH is 1. The lowest BCUT2D eigenvalue weighted by Gasteiger charge is -2.15. The minimum atomic E-state index is -3.98. The minimum absolute atomic E-state index is 0.0784. The number of aromatic carboxylic acids is 1. The van der Waals surface area contributed by atoms with Gasteiger partial charge < -0.3 is 10.2 Å². The molecule has 6 nitrogen and oxygen atoms in total. The molecule has 1 rings (SSSR count). The molecule has 0 bridgehead atoms. The third-order valence-electron chi connectivity index (χ3n) is 2.50. The summed E-state index contributed by atoms with van der Waals surface area (Å²) in [6.07, 6.45) is 0.395. The first-order chi connectivity index (χ1) is 8.81. The van der Waals surface area contributed by atoms with E-state index in [0.29, 0.717) is 6.42 Å². The fourth-order valence-electron chi connectivity index (χ4n) is 1.37. The Hall–Kier alpha value is -1.15. The van der Waals surface area contributed by atoms with Crippen molar-refractivity contribution in [2.45, 2.75) is 24.3 Å². The Morgan fingerprint density at radius 3 is 2.58 bits per heavy atom. The lowest BCUT2D eigenvalue weighted by atomic mass is 10.2. The Morgan fingerprint density at radius 2 is 2.11 bits per heavy atom. The van der Waals surface area contributed by atoms with E-state index in [1.165, 1.54) is 12.1 Å². The number of hydrogen-bond donors (Lipinski definition) is 3. The molecule has 0 radical (unpaired) electrons. The first-order valence-electron chi connectivity index (χ1n) is 5.47. The van der Waals surface area contributed by atoms with Crippen LogP contribution in [0.1, 0.15) is 23.7 Å². The average Bonchev–Trinajstić information content (AvgIpc) is 2.35. The van der Waals surface area contributed by atoms with Gasteiger partial charge in [0.15, 0.2) is 0 Å². The van der Waals surface area contributed by atoms with Gasteiger partial charge >= 0.3 is 5.97 Å². The summed E-state index contributed by atoms with van der Waals surface area (Å²) in [5.74, 6) is -1.25. The molecule has 19 heavy (non-hydrogen) atoms.